The van der Waals surface area contributed by atoms with Gasteiger partial charge in [0.25, 0.3) is 5.91 Å². The fraction of sp³-hybridized carbons (Fsp3) is 0.120. The Labute approximate surface area is 184 Å². The summed E-state index contributed by atoms with van der Waals surface area (Å²) in [6.45, 7) is 6.18. The molecule has 1 N–H and O–H groups in total. The average Bonchev–Trinajstić information content (AvgIpc) is 3.02. The number of rotatable bonds is 4. The van der Waals surface area contributed by atoms with Crippen molar-refractivity contribution in [3.63, 3.8) is 0 Å². The van der Waals surface area contributed by atoms with Gasteiger partial charge in [0.1, 0.15) is 0 Å². The van der Waals surface area contributed by atoms with E-state index in [4.69, 9.17) is 0 Å². The van der Waals surface area contributed by atoms with Crippen molar-refractivity contribution in [2.75, 3.05) is 0 Å². The zero-order chi connectivity index (χ0) is 21.3. The van der Waals surface area contributed by atoms with E-state index in [2.05, 4.69) is 76.1 Å². The van der Waals surface area contributed by atoms with Gasteiger partial charge in [-0.05, 0) is 61.4 Å². The number of nitrogens with zero attached hydrogens (tertiary/aromatic N) is 2. The molecule has 0 aliphatic carbocycles. The highest BCUT2D eigenvalue weighted by Gasteiger charge is 2.11. The van der Waals surface area contributed by atoms with Crippen molar-refractivity contribution in [1.82, 2.24) is 9.99 Å². The number of aryl methyl sites for hydroxylation is 2. The van der Waals surface area contributed by atoms with Crippen LogP contribution in [0.25, 0.3) is 16.5 Å². The second-order valence-electron chi connectivity index (χ2n) is 7.32. The van der Waals surface area contributed by atoms with Gasteiger partial charge in [0.2, 0.25) is 0 Å². The van der Waals surface area contributed by atoms with E-state index in [9.17, 15) is 4.79 Å². The number of hydrazone groups is 1. The van der Waals surface area contributed by atoms with Gasteiger partial charge in [-0.15, -0.1) is 0 Å². The second kappa shape index (κ2) is 8.28. The van der Waals surface area contributed by atoms with Crippen LogP contribution in [0, 0.1) is 20.8 Å². The first-order valence-corrected chi connectivity index (χ1v) is 10.5. The van der Waals surface area contributed by atoms with Gasteiger partial charge in [-0.3, -0.25) is 4.79 Å². The minimum atomic E-state index is -0.223. The first-order valence-electron chi connectivity index (χ1n) is 9.72. The number of nitrogens with one attached hydrogen (secondary N) is 1. The molecule has 0 saturated heterocycles. The molecule has 4 aromatic rings. The standard InChI is InChI=1S/C25H22BrN3O/c1-16-11-12-21(14-24(16)26)29-17(2)13-20(18(29)3)15-27-28-25(30)23-10-6-8-19-7-4-5-9-22(19)23/h4-15H,1-3H3,(H,28,30)/b27-15-. The third-order valence-electron chi connectivity index (χ3n) is 5.29. The van der Waals surface area contributed by atoms with Crippen LogP contribution in [0.15, 0.2) is 76.3 Å². The van der Waals surface area contributed by atoms with Gasteiger partial charge in [0.15, 0.2) is 0 Å². The Morgan fingerprint density at radius 2 is 1.77 bits per heavy atom. The van der Waals surface area contributed by atoms with E-state index >= 15 is 0 Å². The quantitative estimate of drug-likeness (QED) is 0.291. The van der Waals surface area contributed by atoms with Crippen LogP contribution in [-0.4, -0.2) is 16.7 Å². The highest BCUT2D eigenvalue weighted by Crippen LogP contribution is 2.24. The van der Waals surface area contributed by atoms with Crippen LogP contribution in [0.4, 0.5) is 0 Å². The molecule has 0 radical (unpaired) electrons. The topological polar surface area (TPSA) is 46.4 Å². The first-order chi connectivity index (χ1) is 14.5. The van der Waals surface area contributed by atoms with Crippen LogP contribution in [-0.2, 0) is 0 Å². The lowest BCUT2D eigenvalue weighted by Crippen LogP contribution is -2.18. The van der Waals surface area contributed by atoms with Gasteiger partial charge in [-0.1, -0.05) is 58.4 Å². The minimum Gasteiger partial charge on any atom is -0.318 e. The Bertz CT molecular complexity index is 1280. The number of hydrogen-bond acceptors (Lipinski definition) is 2. The minimum absolute atomic E-state index is 0.223. The molecule has 1 aromatic heterocycles. The van der Waals surface area contributed by atoms with Crippen LogP contribution in [0.3, 0.4) is 0 Å². The van der Waals surface area contributed by atoms with Gasteiger partial charge in [0.05, 0.1) is 6.21 Å². The predicted octanol–water partition coefficient (Wildman–Crippen LogP) is 6.08. The van der Waals surface area contributed by atoms with Crippen LogP contribution >= 0.6 is 15.9 Å². The van der Waals surface area contributed by atoms with E-state index < -0.39 is 0 Å². The number of carbonyl (C=O) groups excluding carboxylic acids is 1. The molecule has 4 nitrogen and oxygen atoms in total. The SMILES string of the molecule is Cc1ccc(-n2c(C)cc(/C=N\NC(=O)c3cccc4ccccc34)c2C)cc1Br. The monoisotopic (exact) mass is 459 g/mol. The van der Waals surface area contributed by atoms with E-state index in [0.29, 0.717) is 5.56 Å². The summed E-state index contributed by atoms with van der Waals surface area (Å²) in [5.41, 5.74) is 8.68. The largest absolute Gasteiger partial charge is 0.318 e. The normalized spacial score (nSPS) is 11.3. The van der Waals surface area contributed by atoms with Crippen molar-refractivity contribution >= 4 is 38.8 Å². The summed E-state index contributed by atoms with van der Waals surface area (Å²) in [5, 5.41) is 6.16. The number of aromatic nitrogens is 1. The molecule has 30 heavy (non-hydrogen) atoms. The maximum atomic E-state index is 12.7. The van der Waals surface area contributed by atoms with Crippen molar-refractivity contribution in [1.29, 1.82) is 0 Å². The van der Waals surface area contributed by atoms with E-state index in [1.807, 2.05) is 42.5 Å². The number of fused-ring (bicyclic) bond motifs is 1. The third kappa shape index (κ3) is 3.81. The molecule has 0 unspecified atom stereocenters. The molecule has 1 heterocycles. The molecule has 0 aliphatic rings. The van der Waals surface area contributed by atoms with Gasteiger partial charge in [-0.25, -0.2) is 5.43 Å². The third-order valence-corrected chi connectivity index (χ3v) is 6.14. The van der Waals surface area contributed by atoms with E-state index in [-0.39, 0.29) is 5.91 Å². The molecular formula is C25H22BrN3O. The lowest BCUT2D eigenvalue weighted by atomic mass is 10.0. The fourth-order valence-corrected chi connectivity index (χ4v) is 4.05. The summed E-state index contributed by atoms with van der Waals surface area (Å²) in [6.07, 6.45) is 1.70. The molecule has 0 atom stereocenters. The lowest BCUT2D eigenvalue weighted by molar-refractivity contribution is 0.0957. The Morgan fingerprint density at radius 1 is 1.00 bits per heavy atom. The fourth-order valence-electron chi connectivity index (χ4n) is 3.68. The Morgan fingerprint density at radius 3 is 2.57 bits per heavy atom. The van der Waals surface area contributed by atoms with Gasteiger partial charge in [0, 0.05) is 32.7 Å². The summed E-state index contributed by atoms with van der Waals surface area (Å²) in [4.78, 5) is 12.7. The van der Waals surface area contributed by atoms with Crippen LogP contribution < -0.4 is 5.43 Å². The summed E-state index contributed by atoms with van der Waals surface area (Å²) < 4.78 is 3.25. The smallest absolute Gasteiger partial charge is 0.271 e. The number of amides is 1. The highest BCUT2D eigenvalue weighted by molar-refractivity contribution is 9.10. The second-order valence-corrected chi connectivity index (χ2v) is 8.18. The maximum absolute atomic E-state index is 12.7. The summed E-state index contributed by atoms with van der Waals surface area (Å²) >= 11 is 3.61. The number of hydrogen-bond donors (Lipinski definition) is 1. The van der Waals surface area contributed by atoms with E-state index in [1.54, 1.807) is 6.21 Å². The maximum Gasteiger partial charge on any atom is 0.271 e. The average molecular weight is 460 g/mol. The van der Waals surface area contributed by atoms with Crippen LogP contribution in [0.2, 0.25) is 0 Å². The van der Waals surface area contributed by atoms with Crippen molar-refractivity contribution in [3.05, 3.63) is 99.3 Å². The zero-order valence-corrected chi connectivity index (χ0v) is 18.7. The molecule has 1 amide bonds. The Kier molecular flexibility index (Phi) is 5.55. The van der Waals surface area contributed by atoms with Gasteiger partial charge in [-0.2, -0.15) is 5.10 Å². The van der Waals surface area contributed by atoms with Crippen LogP contribution in [0.5, 0.6) is 0 Å². The molecule has 4 rings (SSSR count). The molecule has 0 saturated carbocycles. The van der Waals surface area contributed by atoms with Crippen LogP contribution in [0.1, 0.15) is 32.9 Å². The molecule has 150 valence electrons. The number of benzene rings is 3. The molecule has 3 aromatic carbocycles. The number of carbonyl (C=O) groups is 1. The van der Waals surface area contributed by atoms with Crippen molar-refractivity contribution in [2.45, 2.75) is 20.8 Å². The highest BCUT2D eigenvalue weighted by atomic mass is 79.9. The molecule has 0 spiro atoms. The Hall–Kier alpha value is -3.18. The van der Waals surface area contributed by atoms with Gasteiger partial charge < -0.3 is 4.57 Å². The van der Waals surface area contributed by atoms with Crippen molar-refractivity contribution in [3.8, 4) is 5.69 Å². The molecule has 0 aliphatic heterocycles. The van der Waals surface area contributed by atoms with Gasteiger partial charge >= 0.3 is 0 Å². The van der Waals surface area contributed by atoms with Crippen molar-refractivity contribution in [2.24, 2.45) is 5.10 Å². The summed E-state index contributed by atoms with van der Waals surface area (Å²) in [5.74, 6) is -0.223. The zero-order valence-electron chi connectivity index (χ0n) is 17.1. The van der Waals surface area contributed by atoms with E-state index in [0.717, 1.165) is 37.9 Å². The van der Waals surface area contributed by atoms with E-state index in [1.165, 1.54) is 5.56 Å². The molecule has 5 heteroatoms. The molecular weight excluding hydrogens is 438 g/mol. The summed E-state index contributed by atoms with van der Waals surface area (Å²) in [7, 11) is 0. The summed E-state index contributed by atoms with van der Waals surface area (Å²) in [6, 6.07) is 21.9. The Balaban J connectivity index is 1.57. The molecule has 0 fully saturated rings. The first kappa shape index (κ1) is 20.1. The van der Waals surface area contributed by atoms with Crippen molar-refractivity contribution < 1.29 is 4.79 Å². The lowest BCUT2D eigenvalue weighted by Gasteiger charge is -2.11. The number of halogens is 1. The predicted molar refractivity (Wildman–Crippen MR) is 127 cm³/mol. The molecule has 0 bridgehead atoms.